The predicted octanol–water partition coefficient (Wildman–Crippen LogP) is 5.55. The van der Waals surface area contributed by atoms with E-state index < -0.39 is 6.09 Å². The van der Waals surface area contributed by atoms with Crippen molar-refractivity contribution < 1.29 is 19.4 Å². The van der Waals surface area contributed by atoms with Crippen LogP contribution in [-0.4, -0.2) is 41.3 Å². The monoisotopic (exact) mass is 405 g/mol. The van der Waals surface area contributed by atoms with Gasteiger partial charge in [0.05, 0.1) is 12.6 Å². The summed E-state index contributed by atoms with van der Waals surface area (Å²) < 4.78 is 5.05. The molecule has 1 rings (SSSR count). The summed E-state index contributed by atoms with van der Waals surface area (Å²) in [6, 6.07) is -0.135. The third-order valence-electron chi connectivity index (χ3n) is 5.41. The van der Waals surface area contributed by atoms with Gasteiger partial charge in [-0.3, -0.25) is 4.79 Å². The van der Waals surface area contributed by atoms with Gasteiger partial charge in [0.1, 0.15) is 6.61 Å². The van der Waals surface area contributed by atoms with Gasteiger partial charge in [0.15, 0.2) is 0 Å². The first kappa shape index (κ1) is 25.2. The molecule has 1 heterocycles. The van der Waals surface area contributed by atoms with Crippen LogP contribution >= 0.6 is 0 Å². The lowest BCUT2D eigenvalue weighted by atomic mass is 10.0. The molecular weight excluding hydrogens is 366 g/mol. The number of hydrogen-bond acceptors (Lipinski definition) is 4. The number of aliphatic hydroxyl groups is 1. The fourth-order valence-electron chi connectivity index (χ4n) is 3.41. The predicted molar refractivity (Wildman–Crippen MR) is 117 cm³/mol. The molecule has 0 saturated carbocycles. The average Bonchev–Trinajstić information content (AvgIpc) is 3.03. The third kappa shape index (κ3) is 9.44. The molecule has 0 aliphatic carbocycles. The van der Waals surface area contributed by atoms with Crippen molar-refractivity contribution in [2.45, 2.75) is 85.6 Å². The summed E-state index contributed by atoms with van der Waals surface area (Å²) >= 11 is 0. The van der Waals surface area contributed by atoms with Gasteiger partial charge in [-0.25, -0.2) is 9.69 Å². The first-order valence-corrected chi connectivity index (χ1v) is 10.8. The lowest BCUT2D eigenvalue weighted by Crippen LogP contribution is -2.41. The van der Waals surface area contributed by atoms with E-state index in [1.54, 1.807) is 0 Å². The topological polar surface area (TPSA) is 66.8 Å². The van der Waals surface area contributed by atoms with Crippen LogP contribution in [0.15, 0.2) is 34.9 Å². The molecule has 5 nitrogen and oxygen atoms in total. The molecule has 2 amide bonds. The van der Waals surface area contributed by atoms with Gasteiger partial charge in [-0.15, -0.1) is 0 Å². The Hall–Kier alpha value is -1.88. The van der Waals surface area contributed by atoms with Crippen molar-refractivity contribution >= 4 is 12.0 Å². The normalized spacial score (nSPS) is 18.6. The Kier molecular flexibility index (Phi) is 11.6. The SMILES string of the molecule is C/C(=C\CO)CC/C=C(\C)CC/C=C(\C)CCCC(=O)N1C(=O)OC[C@H]1C(C)C. The van der Waals surface area contributed by atoms with Crippen LogP contribution in [0.1, 0.15) is 79.6 Å². The zero-order chi connectivity index (χ0) is 21.8. The Balaban J connectivity index is 2.31. The van der Waals surface area contributed by atoms with Gasteiger partial charge >= 0.3 is 6.09 Å². The Morgan fingerprint density at radius 3 is 2.14 bits per heavy atom. The van der Waals surface area contributed by atoms with Gasteiger partial charge in [0, 0.05) is 6.42 Å². The van der Waals surface area contributed by atoms with Gasteiger partial charge in [-0.2, -0.15) is 0 Å². The van der Waals surface area contributed by atoms with Gasteiger partial charge in [0.2, 0.25) is 5.91 Å². The molecule has 1 aliphatic heterocycles. The number of carbonyl (C=O) groups is 2. The van der Waals surface area contributed by atoms with Gasteiger partial charge in [-0.05, 0) is 65.2 Å². The Labute approximate surface area is 176 Å². The number of aliphatic hydroxyl groups excluding tert-OH is 1. The smallest absolute Gasteiger partial charge is 0.416 e. The molecule has 1 aliphatic rings. The van der Waals surface area contributed by atoms with Gasteiger partial charge < -0.3 is 9.84 Å². The minimum absolute atomic E-state index is 0.116. The van der Waals surface area contributed by atoms with E-state index >= 15 is 0 Å². The van der Waals surface area contributed by atoms with Gasteiger partial charge in [-0.1, -0.05) is 48.8 Å². The summed E-state index contributed by atoms with van der Waals surface area (Å²) in [6.45, 7) is 10.7. The lowest BCUT2D eigenvalue weighted by Gasteiger charge is -2.22. The van der Waals surface area contributed by atoms with E-state index in [1.165, 1.54) is 21.6 Å². The zero-order valence-electron chi connectivity index (χ0n) is 18.9. The summed E-state index contributed by atoms with van der Waals surface area (Å²) in [5.41, 5.74) is 3.90. The van der Waals surface area contributed by atoms with E-state index in [9.17, 15) is 9.59 Å². The van der Waals surface area contributed by atoms with Crippen molar-refractivity contribution in [3.63, 3.8) is 0 Å². The second-order valence-electron chi connectivity index (χ2n) is 8.42. The zero-order valence-corrected chi connectivity index (χ0v) is 18.9. The molecule has 1 atom stereocenters. The standard InChI is InChI=1S/C24H39NO4/c1-18(2)22-17-29-24(28)25(22)23(27)14-8-13-20(4)10-6-9-19(3)11-7-12-21(5)15-16-26/h10-11,15,18,22,26H,6-9,12-14,16-17H2,1-5H3/b19-11+,20-10+,21-15+/t22-/m0/s1. The van der Waals surface area contributed by atoms with E-state index in [4.69, 9.17) is 9.84 Å². The fraction of sp³-hybridized carbons (Fsp3) is 0.667. The van der Waals surface area contributed by atoms with Crippen molar-refractivity contribution in [3.8, 4) is 0 Å². The summed E-state index contributed by atoms with van der Waals surface area (Å²) in [5.74, 6) is 0.0845. The molecule has 29 heavy (non-hydrogen) atoms. The number of ether oxygens (including phenoxy) is 1. The highest BCUT2D eigenvalue weighted by molar-refractivity contribution is 5.93. The van der Waals surface area contributed by atoms with Crippen LogP contribution < -0.4 is 0 Å². The average molecular weight is 406 g/mol. The Bertz CT molecular complexity index is 631. The molecule has 0 unspecified atom stereocenters. The molecule has 0 radical (unpaired) electrons. The molecule has 1 fully saturated rings. The molecule has 0 spiro atoms. The first-order chi connectivity index (χ1) is 13.8. The maximum atomic E-state index is 12.4. The second kappa shape index (κ2) is 13.4. The number of rotatable bonds is 12. The van der Waals surface area contributed by atoms with Crippen LogP contribution in [-0.2, 0) is 9.53 Å². The highest BCUT2D eigenvalue weighted by atomic mass is 16.6. The number of nitrogens with zero attached hydrogens (tertiary/aromatic N) is 1. The number of carbonyl (C=O) groups excluding carboxylic acids is 2. The van der Waals surface area contributed by atoms with Crippen LogP contribution in [0.25, 0.3) is 0 Å². The van der Waals surface area contributed by atoms with E-state index in [1.807, 2.05) is 26.8 Å². The molecule has 0 aromatic heterocycles. The van der Waals surface area contributed by atoms with Crippen LogP contribution in [0.3, 0.4) is 0 Å². The van der Waals surface area contributed by atoms with Crippen molar-refractivity contribution in [2.75, 3.05) is 13.2 Å². The minimum Gasteiger partial charge on any atom is -0.447 e. The van der Waals surface area contributed by atoms with E-state index in [0.717, 1.165) is 38.5 Å². The fourth-order valence-corrected chi connectivity index (χ4v) is 3.41. The number of hydrogen-bond donors (Lipinski definition) is 1. The second-order valence-corrected chi connectivity index (χ2v) is 8.42. The van der Waals surface area contributed by atoms with Crippen molar-refractivity contribution in [2.24, 2.45) is 5.92 Å². The van der Waals surface area contributed by atoms with E-state index in [0.29, 0.717) is 13.0 Å². The van der Waals surface area contributed by atoms with Crippen molar-refractivity contribution in [1.29, 1.82) is 0 Å². The van der Waals surface area contributed by atoms with Crippen molar-refractivity contribution in [3.05, 3.63) is 34.9 Å². The Morgan fingerprint density at radius 2 is 1.59 bits per heavy atom. The number of allylic oxidation sites excluding steroid dienone is 5. The molecule has 5 heteroatoms. The maximum Gasteiger partial charge on any atom is 0.416 e. The maximum absolute atomic E-state index is 12.4. The highest BCUT2D eigenvalue weighted by Crippen LogP contribution is 2.21. The molecule has 1 saturated heterocycles. The summed E-state index contributed by atoms with van der Waals surface area (Å²) in [4.78, 5) is 25.6. The Morgan fingerprint density at radius 1 is 1.03 bits per heavy atom. The lowest BCUT2D eigenvalue weighted by molar-refractivity contribution is -0.129. The largest absolute Gasteiger partial charge is 0.447 e. The highest BCUT2D eigenvalue weighted by Gasteiger charge is 2.38. The summed E-state index contributed by atoms with van der Waals surface area (Å²) in [5, 5.41) is 8.87. The molecule has 0 aromatic carbocycles. The molecule has 0 bridgehead atoms. The van der Waals surface area contributed by atoms with E-state index in [-0.39, 0.29) is 24.5 Å². The van der Waals surface area contributed by atoms with Crippen LogP contribution in [0.5, 0.6) is 0 Å². The van der Waals surface area contributed by atoms with Crippen molar-refractivity contribution in [1.82, 2.24) is 4.90 Å². The summed E-state index contributed by atoms with van der Waals surface area (Å²) in [7, 11) is 0. The van der Waals surface area contributed by atoms with Crippen LogP contribution in [0.4, 0.5) is 4.79 Å². The summed E-state index contributed by atoms with van der Waals surface area (Å²) in [6.07, 6.45) is 11.9. The molecular formula is C24H39NO4. The molecule has 1 N–H and O–H groups in total. The third-order valence-corrected chi connectivity index (χ3v) is 5.41. The number of amides is 2. The van der Waals surface area contributed by atoms with Crippen LogP contribution in [0.2, 0.25) is 0 Å². The molecule has 164 valence electrons. The van der Waals surface area contributed by atoms with Gasteiger partial charge in [0.25, 0.3) is 0 Å². The van der Waals surface area contributed by atoms with Crippen LogP contribution in [0, 0.1) is 5.92 Å². The van der Waals surface area contributed by atoms with E-state index in [2.05, 4.69) is 26.0 Å². The minimum atomic E-state index is -0.495. The number of cyclic esters (lactones) is 1. The quantitative estimate of drug-likeness (QED) is 0.432. The number of imide groups is 1. The molecule has 0 aromatic rings. The first-order valence-electron chi connectivity index (χ1n) is 10.8.